The second-order valence-corrected chi connectivity index (χ2v) is 8.53. The first kappa shape index (κ1) is 19.6. The second-order valence-electron chi connectivity index (χ2n) is 5.93. The molecule has 0 fully saturated rings. The van der Waals surface area contributed by atoms with Gasteiger partial charge in [0.25, 0.3) is 0 Å². The molecule has 1 atom stereocenters. The van der Waals surface area contributed by atoms with Gasteiger partial charge in [-0.05, 0) is 49.7 Å². The van der Waals surface area contributed by atoms with Crippen LogP contribution < -0.4 is 9.46 Å². The zero-order chi connectivity index (χ0) is 19.4. The quantitative estimate of drug-likeness (QED) is 0.589. The molecular weight excluding hydrogens is 430 g/mol. The van der Waals surface area contributed by atoms with E-state index in [0.29, 0.717) is 16.8 Å². The lowest BCUT2D eigenvalue weighted by Gasteiger charge is -2.17. The summed E-state index contributed by atoms with van der Waals surface area (Å²) in [5, 5.41) is 0. The molecule has 1 N–H and O–H groups in total. The molecule has 0 aliphatic carbocycles. The van der Waals surface area contributed by atoms with Crippen LogP contribution in [-0.2, 0) is 10.0 Å². The van der Waals surface area contributed by atoms with E-state index in [1.165, 1.54) is 0 Å². The van der Waals surface area contributed by atoms with Gasteiger partial charge in [0.15, 0.2) is 0 Å². The molecule has 3 rings (SSSR count). The number of aromatic nitrogens is 2. The van der Waals surface area contributed by atoms with Crippen molar-refractivity contribution in [3.8, 4) is 11.4 Å². The van der Waals surface area contributed by atoms with Gasteiger partial charge >= 0.3 is 0 Å². The molecule has 1 heterocycles. The highest BCUT2D eigenvalue weighted by molar-refractivity contribution is 9.10. The van der Waals surface area contributed by atoms with Gasteiger partial charge in [0, 0.05) is 28.6 Å². The topological polar surface area (TPSA) is 73.2 Å². The molecule has 6 nitrogen and oxygen atoms in total. The van der Waals surface area contributed by atoms with Crippen molar-refractivity contribution in [2.24, 2.45) is 0 Å². The minimum atomic E-state index is -3.76. The highest BCUT2D eigenvalue weighted by atomic mass is 79.9. The first-order valence-corrected chi connectivity index (χ1v) is 10.7. The molecule has 27 heavy (non-hydrogen) atoms. The lowest BCUT2D eigenvalue weighted by molar-refractivity contribution is 0.331. The van der Waals surface area contributed by atoms with Gasteiger partial charge in [-0.15, -0.1) is 0 Å². The monoisotopic (exact) mass is 449 g/mol. The molecule has 0 spiro atoms. The van der Waals surface area contributed by atoms with Gasteiger partial charge in [-0.2, -0.15) is 0 Å². The average Bonchev–Trinajstić information content (AvgIpc) is 3.18. The fourth-order valence-electron chi connectivity index (χ4n) is 2.68. The van der Waals surface area contributed by atoms with E-state index in [9.17, 15) is 8.42 Å². The van der Waals surface area contributed by atoms with Gasteiger partial charge in [-0.3, -0.25) is 0 Å². The first-order valence-electron chi connectivity index (χ1n) is 8.43. The largest absolute Gasteiger partial charge is 0.492 e. The number of ether oxygens (including phenoxy) is 1. The Labute approximate surface area is 167 Å². The molecule has 8 heteroatoms. The Bertz CT molecular complexity index is 1000. The molecule has 0 amide bonds. The number of halogens is 1. The van der Waals surface area contributed by atoms with Gasteiger partial charge in [0.05, 0.1) is 12.9 Å². The van der Waals surface area contributed by atoms with Gasteiger partial charge < -0.3 is 9.30 Å². The van der Waals surface area contributed by atoms with Gasteiger partial charge in [-0.1, -0.05) is 28.1 Å². The summed E-state index contributed by atoms with van der Waals surface area (Å²) >= 11 is 3.32. The molecule has 3 aromatic rings. The van der Waals surface area contributed by atoms with E-state index < -0.39 is 16.1 Å². The Kier molecular flexibility index (Phi) is 5.98. The summed E-state index contributed by atoms with van der Waals surface area (Å²) in [7, 11) is -3.76. The minimum Gasteiger partial charge on any atom is -0.492 e. The maximum absolute atomic E-state index is 12.9. The van der Waals surface area contributed by atoms with Crippen LogP contribution in [0.15, 0.2) is 70.6 Å². The Balaban J connectivity index is 1.82. The SMILES string of the molecule is CCOc1ccc(Br)cc1S(=O)(=O)N[C@H](C)c1ccc(-n2ccnc2)cc1. The number of hydrogen-bond donors (Lipinski definition) is 1. The third-order valence-electron chi connectivity index (χ3n) is 4.02. The van der Waals surface area contributed by atoms with Crippen LogP contribution in [0.4, 0.5) is 0 Å². The summed E-state index contributed by atoms with van der Waals surface area (Å²) in [6.07, 6.45) is 5.27. The fourth-order valence-corrected chi connectivity index (χ4v) is 4.59. The van der Waals surface area contributed by atoms with E-state index in [2.05, 4.69) is 25.6 Å². The maximum atomic E-state index is 12.9. The number of benzene rings is 2. The molecule has 0 saturated heterocycles. The highest BCUT2D eigenvalue weighted by Crippen LogP contribution is 2.29. The number of sulfonamides is 1. The number of rotatable bonds is 7. The van der Waals surface area contributed by atoms with Gasteiger partial charge in [0.1, 0.15) is 10.6 Å². The molecule has 2 aromatic carbocycles. The van der Waals surface area contributed by atoms with E-state index in [4.69, 9.17) is 4.74 Å². The van der Waals surface area contributed by atoms with Crippen molar-refractivity contribution in [3.05, 3.63) is 71.2 Å². The van der Waals surface area contributed by atoms with Crippen molar-refractivity contribution in [2.75, 3.05) is 6.61 Å². The standard InChI is InChI=1S/C19H20BrN3O3S/c1-3-26-18-9-6-16(20)12-19(18)27(24,25)22-14(2)15-4-7-17(8-5-15)23-11-10-21-13-23/h4-14,22H,3H2,1-2H3/t14-/m1/s1. The summed E-state index contributed by atoms with van der Waals surface area (Å²) < 4.78 is 36.5. The predicted octanol–water partition coefficient (Wildman–Crippen LogP) is 4.07. The maximum Gasteiger partial charge on any atom is 0.244 e. The van der Waals surface area contributed by atoms with Crippen molar-refractivity contribution < 1.29 is 13.2 Å². The molecule has 0 radical (unpaired) electrons. The molecule has 0 bridgehead atoms. The third kappa shape index (κ3) is 4.58. The van der Waals surface area contributed by atoms with Crippen LogP contribution in [0.3, 0.4) is 0 Å². The smallest absolute Gasteiger partial charge is 0.244 e. The van der Waals surface area contributed by atoms with Crippen LogP contribution in [-0.4, -0.2) is 24.6 Å². The Hall–Kier alpha value is -2.16. The lowest BCUT2D eigenvalue weighted by Crippen LogP contribution is -2.27. The lowest BCUT2D eigenvalue weighted by atomic mass is 10.1. The van der Waals surface area contributed by atoms with Crippen LogP contribution in [0.2, 0.25) is 0 Å². The number of nitrogens with zero attached hydrogens (tertiary/aromatic N) is 2. The normalized spacial score (nSPS) is 12.7. The van der Waals surface area contributed by atoms with E-state index in [1.807, 2.05) is 48.9 Å². The average molecular weight is 450 g/mol. The predicted molar refractivity (Wildman–Crippen MR) is 108 cm³/mol. The van der Waals surface area contributed by atoms with Crippen LogP contribution in [0, 0.1) is 0 Å². The van der Waals surface area contributed by atoms with Crippen LogP contribution in [0.25, 0.3) is 5.69 Å². The number of imidazole rings is 1. The van der Waals surface area contributed by atoms with Crippen molar-refractivity contribution >= 4 is 26.0 Å². The summed E-state index contributed by atoms with van der Waals surface area (Å²) in [6.45, 7) is 4.01. The first-order chi connectivity index (χ1) is 12.9. The third-order valence-corrected chi connectivity index (χ3v) is 6.08. The van der Waals surface area contributed by atoms with E-state index in [-0.39, 0.29) is 4.90 Å². The molecule has 0 unspecified atom stereocenters. The van der Waals surface area contributed by atoms with Crippen LogP contribution >= 0.6 is 15.9 Å². The van der Waals surface area contributed by atoms with E-state index >= 15 is 0 Å². The van der Waals surface area contributed by atoms with Crippen molar-refractivity contribution in [1.82, 2.24) is 14.3 Å². The fraction of sp³-hybridized carbons (Fsp3) is 0.211. The Morgan fingerprint density at radius 3 is 2.59 bits per heavy atom. The van der Waals surface area contributed by atoms with E-state index in [0.717, 1.165) is 11.3 Å². The Morgan fingerprint density at radius 1 is 1.22 bits per heavy atom. The van der Waals surface area contributed by atoms with Crippen molar-refractivity contribution in [2.45, 2.75) is 24.8 Å². The summed E-state index contributed by atoms with van der Waals surface area (Å²) in [4.78, 5) is 4.14. The van der Waals surface area contributed by atoms with Crippen molar-refractivity contribution in [1.29, 1.82) is 0 Å². The van der Waals surface area contributed by atoms with Crippen LogP contribution in [0.5, 0.6) is 5.75 Å². The number of hydrogen-bond acceptors (Lipinski definition) is 4. The molecule has 142 valence electrons. The van der Waals surface area contributed by atoms with E-state index in [1.54, 1.807) is 30.7 Å². The zero-order valence-electron chi connectivity index (χ0n) is 15.0. The highest BCUT2D eigenvalue weighted by Gasteiger charge is 2.23. The van der Waals surface area contributed by atoms with Crippen molar-refractivity contribution in [3.63, 3.8) is 0 Å². The van der Waals surface area contributed by atoms with Gasteiger partial charge in [0.2, 0.25) is 10.0 Å². The van der Waals surface area contributed by atoms with Crippen LogP contribution in [0.1, 0.15) is 25.5 Å². The Morgan fingerprint density at radius 2 is 1.96 bits per heavy atom. The molecule has 0 aliphatic rings. The molecular formula is C19H20BrN3O3S. The molecule has 0 aliphatic heterocycles. The van der Waals surface area contributed by atoms with Gasteiger partial charge in [-0.25, -0.2) is 18.1 Å². The molecule has 0 saturated carbocycles. The summed E-state index contributed by atoms with van der Waals surface area (Å²) in [6, 6.07) is 12.2. The minimum absolute atomic E-state index is 0.112. The summed E-state index contributed by atoms with van der Waals surface area (Å²) in [5.41, 5.74) is 1.81. The zero-order valence-corrected chi connectivity index (χ0v) is 17.4. The second kappa shape index (κ2) is 8.24. The number of nitrogens with one attached hydrogen (secondary N) is 1. The summed E-state index contributed by atoms with van der Waals surface area (Å²) in [5.74, 6) is 0.329. The molecule has 1 aromatic heterocycles.